The Kier molecular flexibility index (Phi) is 5.56. The summed E-state index contributed by atoms with van der Waals surface area (Å²) >= 11 is 7.27. The Morgan fingerprint density at radius 2 is 1.48 bits per heavy atom. The number of aryl methyl sites for hydroxylation is 1. The standard InChI is InChI=1S/C24H18ClNO2S/c1-2-16-8-12-19(13-9-16)26-23(27)21(17-6-4-3-5-7-17)22(24(26)28)29-20-14-10-18(25)11-15-20/h3-15H,2H2,1H3. The first-order chi connectivity index (χ1) is 14.1. The molecule has 3 nitrogen and oxygen atoms in total. The summed E-state index contributed by atoms with van der Waals surface area (Å²) in [6.45, 7) is 2.07. The number of rotatable bonds is 5. The van der Waals surface area contributed by atoms with Crippen LogP contribution in [0.2, 0.25) is 5.02 Å². The Morgan fingerprint density at radius 3 is 2.10 bits per heavy atom. The topological polar surface area (TPSA) is 37.4 Å². The molecule has 0 radical (unpaired) electrons. The lowest BCUT2D eigenvalue weighted by atomic mass is 10.1. The highest BCUT2D eigenvalue weighted by molar-refractivity contribution is 8.04. The van der Waals surface area contributed by atoms with Gasteiger partial charge < -0.3 is 0 Å². The molecule has 0 saturated heterocycles. The second kappa shape index (κ2) is 8.27. The van der Waals surface area contributed by atoms with Crippen LogP contribution in [0, 0.1) is 0 Å². The number of carbonyl (C=O) groups is 2. The zero-order valence-electron chi connectivity index (χ0n) is 15.8. The third-order valence-electron chi connectivity index (χ3n) is 4.74. The van der Waals surface area contributed by atoms with Crippen LogP contribution in [-0.4, -0.2) is 11.8 Å². The molecule has 1 aliphatic heterocycles. The average molecular weight is 420 g/mol. The van der Waals surface area contributed by atoms with Crippen LogP contribution < -0.4 is 4.90 Å². The minimum atomic E-state index is -0.307. The Labute approximate surface area is 179 Å². The van der Waals surface area contributed by atoms with Gasteiger partial charge in [-0.3, -0.25) is 9.59 Å². The number of nitrogens with zero attached hydrogens (tertiary/aromatic N) is 1. The molecule has 29 heavy (non-hydrogen) atoms. The van der Waals surface area contributed by atoms with Gasteiger partial charge in [0.05, 0.1) is 16.2 Å². The van der Waals surface area contributed by atoms with Gasteiger partial charge in [0, 0.05) is 9.92 Å². The van der Waals surface area contributed by atoms with E-state index >= 15 is 0 Å². The largest absolute Gasteiger partial charge is 0.272 e. The molecule has 0 bridgehead atoms. The van der Waals surface area contributed by atoms with E-state index in [1.54, 1.807) is 12.1 Å². The van der Waals surface area contributed by atoms with Crippen LogP contribution in [-0.2, 0) is 16.0 Å². The maximum absolute atomic E-state index is 13.3. The molecule has 2 amide bonds. The Hall–Kier alpha value is -2.82. The second-order valence-corrected chi connectivity index (χ2v) is 8.11. The summed E-state index contributed by atoms with van der Waals surface area (Å²) in [5.74, 6) is -0.611. The van der Waals surface area contributed by atoms with Crippen LogP contribution in [0.25, 0.3) is 5.57 Å². The third-order valence-corrected chi connectivity index (χ3v) is 6.08. The molecule has 0 aromatic heterocycles. The number of carbonyl (C=O) groups excluding carboxylic acids is 2. The molecular weight excluding hydrogens is 402 g/mol. The summed E-state index contributed by atoms with van der Waals surface area (Å²) in [5.41, 5.74) is 2.89. The normalized spacial score (nSPS) is 14.1. The number of benzene rings is 3. The van der Waals surface area contributed by atoms with Crippen molar-refractivity contribution in [2.75, 3.05) is 4.90 Å². The van der Waals surface area contributed by atoms with Crippen molar-refractivity contribution in [1.82, 2.24) is 0 Å². The van der Waals surface area contributed by atoms with Crippen molar-refractivity contribution in [1.29, 1.82) is 0 Å². The Morgan fingerprint density at radius 1 is 0.828 bits per heavy atom. The van der Waals surface area contributed by atoms with E-state index in [4.69, 9.17) is 11.6 Å². The fourth-order valence-corrected chi connectivity index (χ4v) is 4.32. The maximum atomic E-state index is 13.3. The summed E-state index contributed by atoms with van der Waals surface area (Å²) in [5, 5.41) is 0.623. The molecule has 0 saturated carbocycles. The number of amides is 2. The van der Waals surface area contributed by atoms with E-state index < -0.39 is 0 Å². The van der Waals surface area contributed by atoms with Gasteiger partial charge in [-0.15, -0.1) is 0 Å². The van der Waals surface area contributed by atoms with Crippen molar-refractivity contribution in [2.24, 2.45) is 0 Å². The van der Waals surface area contributed by atoms with Crippen LogP contribution in [0.15, 0.2) is 88.7 Å². The Balaban J connectivity index is 1.78. The molecule has 0 aliphatic carbocycles. The molecule has 0 N–H and O–H groups in total. The lowest BCUT2D eigenvalue weighted by molar-refractivity contribution is -0.119. The van der Waals surface area contributed by atoms with Gasteiger partial charge in [0.1, 0.15) is 0 Å². The smallest absolute Gasteiger partial charge is 0.268 e. The van der Waals surface area contributed by atoms with Crippen molar-refractivity contribution in [3.8, 4) is 0 Å². The minimum Gasteiger partial charge on any atom is -0.268 e. The third kappa shape index (κ3) is 3.86. The summed E-state index contributed by atoms with van der Waals surface area (Å²) in [7, 11) is 0. The predicted molar refractivity (Wildman–Crippen MR) is 119 cm³/mol. The van der Waals surface area contributed by atoms with Crippen LogP contribution in [0.4, 0.5) is 5.69 Å². The van der Waals surface area contributed by atoms with Gasteiger partial charge in [0.15, 0.2) is 0 Å². The monoisotopic (exact) mass is 419 g/mol. The zero-order chi connectivity index (χ0) is 20.4. The van der Waals surface area contributed by atoms with Gasteiger partial charge >= 0.3 is 0 Å². The Bertz CT molecular complexity index is 1090. The molecule has 1 aliphatic rings. The molecule has 3 aromatic rings. The minimum absolute atomic E-state index is 0.304. The van der Waals surface area contributed by atoms with E-state index in [-0.39, 0.29) is 11.8 Å². The first kappa shape index (κ1) is 19.5. The summed E-state index contributed by atoms with van der Waals surface area (Å²) in [4.78, 5) is 29.2. The van der Waals surface area contributed by atoms with Crippen molar-refractivity contribution in [3.63, 3.8) is 0 Å². The number of hydrogen-bond acceptors (Lipinski definition) is 3. The highest BCUT2D eigenvalue weighted by atomic mass is 35.5. The van der Waals surface area contributed by atoms with Crippen LogP contribution in [0.5, 0.6) is 0 Å². The second-order valence-electron chi connectivity index (χ2n) is 6.59. The van der Waals surface area contributed by atoms with Gasteiger partial charge in [0.2, 0.25) is 0 Å². The van der Waals surface area contributed by atoms with E-state index in [0.29, 0.717) is 21.2 Å². The lowest BCUT2D eigenvalue weighted by Crippen LogP contribution is -2.31. The zero-order valence-corrected chi connectivity index (χ0v) is 17.3. The van der Waals surface area contributed by atoms with Crippen molar-refractivity contribution in [2.45, 2.75) is 18.2 Å². The number of hydrogen-bond donors (Lipinski definition) is 0. The van der Waals surface area contributed by atoms with Gasteiger partial charge in [-0.25, -0.2) is 4.90 Å². The van der Waals surface area contributed by atoms with E-state index in [0.717, 1.165) is 22.4 Å². The predicted octanol–water partition coefficient (Wildman–Crippen LogP) is 5.98. The quantitative estimate of drug-likeness (QED) is 0.477. The fourth-order valence-electron chi connectivity index (χ4n) is 3.20. The first-order valence-corrected chi connectivity index (χ1v) is 10.5. The summed E-state index contributed by atoms with van der Waals surface area (Å²) in [6.07, 6.45) is 0.896. The molecule has 0 fully saturated rings. The fraction of sp³-hybridized carbons (Fsp3) is 0.0833. The average Bonchev–Trinajstić information content (AvgIpc) is 3.00. The lowest BCUT2D eigenvalue weighted by Gasteiger charge is -2.15. The SMILES string of the molecule is CCc1ccc(N2C(=O)C(Sc3ccc(Cl)cc3)=C(c3ccccc3)C2=O)cc1. The molecule has 144 valence electrons. The summed E-state index contributed by atoms with van der Waals surface area (Å²) < 4.78 is 0. The van der Waals surface area contributed by atoms with Crippen LogP contribution in [0.3, 0.4) is 0 Å². The van der Waals surface area contributed by atoms with E-state index in [2.05, 4.69) is 6.92 Å². The number of thioether (sulfide) groups is 1. The van der Waals surface area contributed by atoms with Gasteiger partial charge in [-0.05, 0) is 53.9 Å². The molecule has 4 rings (SSSR count). The van der Waals surface area contributed by atoms with Crippen molar-refractivity contribution < 1.29 is 9.59 Å². The molecule has 5 heteroatoms. The van der Waals surface area contributed by atoms with E-state index in [1.165, 1.54) is 16.7 Å². The van der Waals surface area contributed by atoms with E-state index in [9.17, 15) is 9.59 Å². The van der Waals surface area contributed by atoms with Crippen LogP contribution >= 0.6 is 23.4 Å². The number of anilines is 1. The number of imide groups is 1. The van der Waals surface area contributed by atoms with E-state index in [1.807, 2.05) is 66.7 Å². The maximum Gasteiger partial charge on any atom is 0.272 e. The van der Waals surface area contributed by atoms with Crippen LogP contribution in [0.1, 0.15) is 18.1 Å². The van der Waals surface area contributed by atoms with Gasteiger partial charge in [-0.1, -0.05) is 72.8 Å². The molecular formula is C24H18ClNO2S. The van der Waals surface area contributed by atoms with Gasteiger partial charge in [-0.2, -0.15) is 0 Å². The number of halogens is 1. The first-order valence-electron chi connectivity index (χ1n) is 9.29. The summed E-state index contributed by atoms with van der Waals surface area (Å²) in [6, 6.07) is 24.1. The molecule has 3 aromatic carbocycles. The molecule has 0 spiro atoms. The molecule has 0 unspecified atom stereocenters. The highest BCUT2D eigenvalue weighted by Crippen LogP contribution is 2.41. The molecule has 1 heterocycles. The van der Waals surface area contributed by atoms with Gasteiger partial charge in [0.25, 0.3) is 11.8 Å². The van der Waals surface area contributed by atoms with Crippen molar-refractivity contribution in [3.05, 3.63) is 99.9 Å². The highest BCUT2D eigenvalue weighted by Gasteiger charge is 2.40. The van der Waals surface area contributed by atoms with Crippen molar-refractivity contribution >= 4 is 46.4 Å². The molecule has 0 atom stereocenters.